The van der Waals surface area contributed by atoms with E-state index < -0.39 is 42.4 Å². The molecule has 0 aromatic carbocycles. The third-order valence-corrected chi connectivity index (χ3v) is 3.47. The Morgan fingerprint density at radius 3 is 2.43 bits per heavy atom. The van der Waals surface area contributed by atoms with Gasteiger partial charge in [0.2, 0.25) is 11.8 Å². The fourth-order valence-corrected chi connectivity index (χ4v) is 2.09. The molecule has 0 saturated heterocycles. The lowest BCUT2D eigenvalue weighted by atomic mass is 10.1. The molecule has 0 aliphatic heterocycles. The summed E-state index contributed by atoms with van der Waals surface area (Å²) < 4.78 is 0. The SMILES string of the molecule is C#CCSCC(NC(=O)CCC(N)C(=O)O)C(=O)NCC(=O)O. The quantitative estimate of drug-likeness (QED) is 0.217. The normalized spacial score (nSPS) is 12.5. The minimum absolute atomic E-state index is 0.0812. The molecule has 0 aliphatic carbocycles. The molecule has 0 saturated carbocycles. The van der Waals surface area contributed by atoms with E-state index in [2.05, 4.69) is 16.6 Å². The Hall–Kier alpha value is -2.25. The molecule has 0 rings (SSSR count). The van der Waals surface area contributed by atoms with E-state index in [1.807, 2.05) is 0 Å². The average molecular weight is 345 g/mol. The Kier molecular flexibility index (Phi) is 10.2. The molecular formula is C13H19N3O6S. The van der Waals surface area contributed by atoms with E-state index in [0.29, 0.717) is 5.75 Å². The van der Waals surface area contributed by atoms with Crippen LogP contribution in [0, 0.1) is 12.3 Å². The molecule has 10 heteroatoms. The topological polar surface area (TPSA) is 159 Å². The Morgan fingerprint density at radius 1 is 1.26 bits per heavy atom. The van der Waals surface area contributed by atoms with Gasteiger partial charge in [-0.2, -0.15) is 0 Å². The number of carbonyl (C=O) groups is 4. The van der Waals surface area contributed by atoms with Gasteiger partial charge in [-0.15, -0.1) is 18.2 Å². The molecule has 9 nitrogen and oxygen atoms in total. The van der Waals surface area contributed by atoms with Crippen molar-refractivity contribution in [1.82, 2.24) is 10.6 Å². The number of hydrogen-bond acceptors (Lipinski definition) is 6. The monoisotopic (exact) mass is 345 g/mol. The van der Waals surface area contributed by atoms with Crippen molar-refractivity contribution < 1.29 is 29.4 Å². The molecule has 0 heterocycles. The van der Waals surface area contributed by atoms with Gasteiger partial charge in [-0.1, -0.05) is 5.92 Å². The molecule has 0 radical (unpaired) electrons. The van der Waals surface area contributed by atoms with Crippen LogP contribution in [-0.2, 0) is 19.2 Å². The molecule has 6 N–H and O–H groups in total. The first kappa shape index (κ1) is 20.8. The first-order valence-electron chi connectivity index (χ1n) is 6.56. The third-order valence-electron chi connectivity index (χ3n) is 2.54. The predicted octanol–water partition coefficient (Wildman–Crippen LogP) is -1.77. The van der Waals surface area contributed by atoms with E-state index in [4.69, 9.17) is 22.4 Å². The van der Waals surface area contributed by atoms with Crippen LogP contribution in [0.3, 0.4) is 0 Å². The van der Waals surface area contributed by atoms with Crippen LogP contribution in [-0.4, -0.2) is 64.1 Å². The Balaban J connectivity index is 4.51. The van der Waals surface area contributed by atoms with Crippen molar-refractivity contribution >= 4 is 35.5 Å². The van der Waals surface area contributed by atoms with Gasteiger partial charge in [0.25, 0.3) is 0 Å². The zero-order chi connectivity index (χ0) is 17.8. The van der Waals surface area contributed by atoms with Crippen molar-refractivity contribution in [3.8, 4) is 12.3 Å². The van der Waals surface area contributed by atoms with Crippen molar-refractivity contribution in [2.45, 2.75) is 24.9 Å². The van der Waals surface area contributed by atoms with E-state index in [9.17, 15) is 19.2 Å². The summed E-state index contributed by atoms with van der Waals surface area (Å²) in [6.45, 7) is -0.575. The fourth-order valence-electron chi connectivity index (χ4n) is 1.38. The lowest BCUT2D eigenvalue weighted by Crippen LogP contribution is -2.49. The average Bonchev–Trinajstić information content (AvgIpc) is 2.49. The molecule has 0 bridgehead atoms. The van der Waals surface area contributed by atoms with Crippen molar-refractivity contribution in [2.24, 2.45) is 5.73 Å². The summed E-state index contributed by atoms with van der Waals surface area (Å²) in [6, 6.07) is -2.14. The number of carbonyl (C=O) groups excluding carboxylic acids is 2. The molecule has 128 valence electrons. The molecular weight excluding hydrogens is 326 g/mol. The lowest BCUT2D eigenvalue weighted by Gasteiger charge is -2.17. The smallest absolute Gasteiger partial charge is 0.322 e. The maximum atomic E-state index is 11.9. The van der Waals surface area contributed by atoms with E-state index in [1.165, 1.54) is 11.8 Å². The largest absolute Gasteiger partial charge is 0.480 e. The lowest BCUT2D eigenvalue weighted by molar-refractivity contribution is -0.139. The minimum Gasteiger partial charge on any atom is -0.480 e. The zero-order valence-corrected chi connectivity index (χ0v) is 13.1. The molecule has 0 spiro atoms. The second-order valence-electron chi connectivity index (χ2n) is 4.43. The molecule has 23 heavy (non-hydrogen) atoms. The summed E-state index contributed by atoms with van der Waals surface area (Å²) in [4.78, 5) is 44.6. The first-order valence-corrected chi connectivity index (χ1v) is 7.71. The standard InChI is InChI=1S/C13H19N3O6S/c1-2-5-23-7-9(12(20)15-6-11(18)19)16-10(17)4-3-8(14)13(21)22/h1,8-9H,3-7,14H2,(H,15,20)(H,16,17)(H,18,19)(H,21,22). The van der Waals surface area contributed by atoms with Crippen LogP contribution < -0.4 is 16.4 Å². The summed E-state index contributed by atoms with van der Waals surface area (Å²) in [5.41, 5.74) is 5.28. The Morgan fingerprint density at radius 2 is 1.91 bits per heavy atom. The van der Waals surface area contributed by atoms with E-state index >= 15 is 0 Å². The number of rotatable bonds is 11. The molecule has 2 unspecified atom stereocenters. The number of nitrogens with one attached hydrogen (secondary N) is 2. The second kappa shape index (κ2) is 11.3. The van der Waals surface area contributed by atoms with Crippen molar-refractivity contribution in [3.05, 3.63) is 0 Å². The van der Waals surface area contributed by atoms with Crippen LogP contribution in [0.5, 0.6) is 0 Å². The highest BCUT2D eigenvalue weighted by atomic mass is 32.2. The van der Waals surface area contributed by atoms with E-state index in [-0.39, 0.29) is 18.6 Å². The highest BCUT2D eigenvalue weighted by molar-refractivity contribution is 7.99. The number of carboxylic acid groups (broad SMARTS) is 2. The number of aliphatic carboxylic acids is 2. The number of terminal acetylenes is 1. The number of thioether (sulfide) groups is 1. The molecule has 0 aromatic heterocycles. The van der Waals surface area contributed by atoms with Gasteiger partial charge in [0.1, 0.15) is 18.6 Å². The van der Waals surface area contributed by atoms with Crippen LogP contribution in [0.4, 0.5) is 0 Å². The van der Waals surface area contributed by atoms with Crippen molar-refractivity contribution in [3.63, 3.8) is 0 Å². The van der Waals surface area contributed by atoms with Crippen molar-refractivity contribution in [2.75, 3.05) is 18.1 Å². The van der Waals surface area contributed by atoms with Gasteiger partial charge < -0.3 is 26.6 Å². The minimum atomic E-state index is -1.22. The Labute approximate surface area is 137 Å². The number of nitrogens with two attached hydrogens (primary N) is 1. The van der Waals surface area contributed by atoms with Crippen LogP contribution in [0.1, 0.15) is 12.8 Å². The summed E-state index contributed by atoms with van der Waals surface area (Å²) in [5, 5.41) is 21.7. The molecule has 0 aliphatic rings. The zero-order valence-electron chi connectivity index (χ0n) is 12.3. The van der Waals surface area contributed by atoms with Gasteiger partial charge >= 0.3 is 11.9 Å². The van der Waals surface area contributed by atoms with Gasteiger partial charge in [-0.05, 0) is 6.42 Å². The maximum Gasteiger partial charge on any atom is 0.322 e. The number of carboxylic acids is 2. The summed E-state index contributed by atoms with van der Waals surface area (Å²) in [7, 11) is 0. The number of hydrogen-bond donors (Lipinski definition) is 5. The predicted molar refractivity (Wildman–Crippen MR) is 83.6 cm³/mol. The molecule has 0 fully saturated rings. The van der Waals surface area contributed by atoms with Crippen LogP contribution in [0.25, 0.3) is 0 Å². The van der Waals surface area contributed by atoms with Crippen molar-refractivity contribution in [1.29, 1.82) is 0 Å². The van der Waals surface area contributed by atoms with E-state index in [1.54, 1.807) is 0 Å². The Bertz CT molecular complexity index is 491. The first-order chi connectivity index (χ1) is 10.8. The van der Waals surface area contributed by atoms with Gasteiger partial charge in [-0.3, -0.25) is 19.2 Å². The molecule has 0 aromatic rings. The van der Waals surface area contributed by atoms with Crippen LogP contribution in [0.15, 0.2) is 0 Å². The summed E-state index contributed by atoms with van der Waals surface area (Å²) in [6.07, 6.45) is 4.84. The van der Waals surface area contributed by atoms with Crippen LogP contribution in [0.2, 0.25) is 0 Å². The fraction of sp³-hybridized carbons (Fsp3) is 0.538. The highest BCUT2D eigenvalue weighted by Gasteiger charge is 2.22. The van der Waals surface area contributed by atoms with Gasteiger partial charge in [-0.25, -0.2) is 0 Å². The third kappa shape index (κ3) is 10.2. The highest BCUT2D eigenvalue weighted by Crippen LogP contribution is 2.04. The summed E-state index contributed by atoms with van der Waals surface area (Å²) >= 11 is 1.22. The summed E-state index contributed by atoms with van der Waals surface area (Å²) in [5.74, 6) is -0.814. The van der Waals surface area contributed by atoms with Gasteiger partial charge in [0.15, 0.2) is 0 Å². The maximum absolute atomic E-state index is 11.9. The van der Waals surface area contributed by atoms with Gasteiger partial charge in [0, 0.05) is 12.2 Å². The second-order valence-corrected chi connectivity index (χ2v) is 5.46. The number of amides is 2. The molecule has 2 amide bonds. The van der Waals surface area contributed by atoms with Gasteiger partial charge in [0.05, 0.1) is 5.75 Å². The van der Waals surface area contributed by atoms with E-state index in [0.717, 1.165) is 0 Å². The molecule has 2 atom stereocenters. The van der Waals surface area contributed by atoms with Crippen LogP contribution >= 0.6 is 11.8 Å².